The Hall–Kier alpha value is -2.70. The van der Waals surface area contributed by atoms with Crippen molar-refractivity contribution in [1.82, 2.24) is 9.96 Å². The van der Waals surface area contributed by atoms with Gasteiger partial charge in [0.25, 0.3) is 0 Å². The van der Waals surface area contributed by atoms with E-state index in [1.54, 1.807) is 32.7 Å². The smallest absolute Gasteiger partial charge is 0.418 e. The van der Waals surface area contributed by atoms with Crippen molar-refractivity contribution in [2.24, 2.45) is 0 Å². The van der Waals surface area contributed by atoms with E-state index in [-0.39, 0.29) is 25.8 Å². The average molecular weight is 482 g/mol. The Morgan fingerprint density at radius 3 is 2.45 bits per heavy atom. The van der Waals surface area contributed by atoms with Crippen molar-refractivity contribution >= 4 is 33.9 Å². The van der Waals surface area contributed by atoms with Gasteiger partial charge in [-0.2, -0.15) is 13.5 Å². The van der Waals surface area contributed by atoms with E-state index in [1.807, 2.05) is 24.3 Å². The van der Waals surface area contributed by atoms with Crippen LogP contribution in [0.15, 0.2) is 24.3 Å². The Labute approximate surface area is 192 Å². The fraction of sp³-hybridized carbons (Fsp3) is 0.571. The van der Waals surface area contributed by atoms with Crippen molar-refractivity contribution in [2.45, 2.75) is 63.3 Å². The topological polar surface area (TPSA) is 134 Å². The lowest BCUT2D eigenvalue weighted by Gasteiger charge is -2.40. The number of fused-ring (bicyclic) bond motifs is 3. The number of hydrogen-bond donors (Lipinski definition) is 1. The molecule has 2 fully saturated rings. The van der Waals surface area contributed by atoms with Crippen LogP contribution in [0.2, 0.25) is 0 Å². The van der Waals surface area contributed by atoms with E-state index in [9.17, 15) is 22.8 Å². The van der Waals surface area contributed by atoms with Crippen LogP contribution in [0, 0.1) is 0 Å². The van der Waals surface area contributed by atoms with E-state index < -0.39 is 51.4 Å². The molecule has 12 heteroatoms. The molecule has 2 amide bonds. The Morgan fingerprint density at radius 1 is 1.18 bits per heavy atom. The molecule has 3 atom stereocenters. The summed E-state index contributed by atoms with van der Waals surface area (Å²) in [7, 11) is -3.26. The lowest BCUT2D eigenvalue weighted by molar-refractivity contribution is -0.164. The summed E-state index contributed by atoms with van der Waals surface area (Å²) >= 11 is 0. The average Bonchev–Trinajstić information content (AvgIpc) is 3.13. The molecular weight excluding hydrogens is 454 g/mol. The third kappa shape index (κ3) is 3.96. The second-order valence-electron chi connectivity index (χ2n) is 9.60. The largest absolute Gasteiger partial charge is 0.458 e. The van der Waals surface area contributed by atoms with Crippen molar-refractivity contribution < 1.29 is 36.4 Å². The molecule has 2 saturated heterocycles. The summed E-state index contributed by atoms with van der Waals surface area (Å²) in [5.74, 6) is -1.21. The maximum atomic E-state index is 14.1. The highest BCUT2D eigenvalue weighted by molar-refractivity contribution is 7.80. The quantitative estimate of drug-likeness (QED) is 0.375. The highest BCUT2D eigenvalue weighted by atomic mass is 32.3. The van der Waals surface area contributed by atoms with E-state index in [0.29, 0.717) is 5.06 Å². The number of carbonyl (C=O) groups excluding carboxylic acids is 3. The second-order valence-corrected chi connectivity index (χ2v) is 10.6. The minimum atomic E-state index is -4.91. The van der Waals surface area contributed by atoms with Crippen LogP contribution in [-0.2, 0) is 35.4 Å². The standard InChI is InChI=1S/C21H27N3O8S/c1-20(2,3)31-18(26)21(11-13-7-5-6-8-15(13)22(21)4)17(25)16-10-9-14-12-23(16)19(27)24(14)32-33(28,29)30/h5-8,14,16H,9-12H2,1-4H3,(H,28,29,30)/t14-,16+,21?/m1/s1. The van der Waals surface area contributed by atoms with Crippen molar-refractivity contribution in [2.75, 3.05) is 18.5 Å². The highest BCUT2D eigenvalue weighted by Gasteiger charge is 2.61. The van der Waals surface area contributed by atoms with E-state index in [0.717, 1.165) is 11.3 Å². The molecule has 1 N–H and O–H groups in total. The van der Waals surface area contributed by atoms with E-state index in [1.165, 1.54) is 4.90 Å². The maximum absolute atomic E-state index is 14.1. The van der Waals surface area contributed by atoms with Crippen LogP contribution in [0.5, 0.6) is 0 Å². The summed E-state index contributed by atoms with van der Waals surface area (Å²) in [5.41, 5.74) is -1.01. The number of esters is 1. The summed E-state index contributed by atoms with van der Waals surface area (Å²) in [5, 5.41) is 0.579. The van der Waals surface area contributed by atoms with Gasteiger partial charge in [0.15, 0.2) is 5.78 Å². The third-order valence-corrected chi connectivity index (χ3v) is 6.67. The molecule has 0 saturated carbocycles. The number of nitrogens with zero attached hydrogens (tertiary/aromatic N) is 3. The van der Waals surface area contributed by atoms with Crippen LogP contribution in [0.1, 0.15) is 39.2 Å². The number of benzene rings is 1. The van der Waals surface area contributed by atoms with Gasteiger partial charge in [0.1, 0.15) is 5.60 Å². The van der Waals surface area contributed by atoms with Gasteiger partial charge in [-0.25, -0.2) is 9.59 Å². The molecule has 2 bridgehead atoms. The summed E-state index contributed by atoms with van der Waals surface area (Å²) in [6, 6.07) is 4.80. The van der Waals surface area contributed by atoms with Crippen molar-refractivity contribution in [3.05, 3.63) is 29.8 Å². The number of piperidine rings is 1. The lowest BCUT2D eigenvalue weighted by Crippen LogP contribution is -2.65. The molecule has 3 aliphatic heterocycles. The number of likely N-dealkylation sites (N-methyl/N-ethyl adjacent to an activating group) is 1. The molecule has 33 heavy (non-hydrogen) atoms. The normalized spacial score (nSPS) is 27.1. The molecule has 1 unspecified atom stereocenters. The highest BCUT2D eigenvalue weighted by Crippen LogP contribution is 2.43. The van der Waals surface area contributed by atoms with Crippen molar-refractivity contribution in [1.29, 1.82) is 0 Å². The fourth-order valence-corrected chi connectivity index (χ4v) is 5.28. The number of para-hydroxylation sites is 1. The van der Waals surface area contributed by atoms with Gasteiger partial charge < -0.3 is 14.5 Å². The maximum Gasteiger partial charge on any atom is 0.418 e. The SMILES string of the molecule is CN1c2ccccc2CC1(C(=O)OC(C)(C)C)C(=O)[C@@H]1CC[C@@H]2CN1C(=O)N2OS(=O)(=O)O. The number of amides is 2. The van der Waals surface area contributed by atoms with Crippen molar-refractivity contribution in [3.63, 3.8) is 0 Å². The van der Waals surface area contributed by atoms with E-state index in [2.05, 4.69) is 4.28 Å². The molecule has 4 rings (SSSR count). The van der Waals surface area contributed by atoms with E-state index >= 15 is 0 Å². The second kappa shape index (κ2) is 7.67. The number of ketones is 1. The third-order valence-electron chi connectivity index (χ3n) is 6.32. The van der Waals surface area contributed by atoms with Gasteiger partial charge in [-0.05, 0) is 45.2 Å². The number of urea groups is 1. The molecule has 1 aromatic carbocycles. The van der Waals surface area contributed by atoms with Crippen LogP contribution < -0.4 is 4.90 Å². The number of hydrogen-bond acceptors (Lipinski definition) is 8. The Bertz CT molecular complexity index is 1110. The van der Waals surface area contributed by atoms with Gasteiger partial charge >= 0.3 is 22.4 Å². The van der Waals surface area contributed by atoms with Crippen LogP contribution in [0.25, 0.3) is 0 Å². The summed E-state index contributed by atoms with van der Waals surface area (Å²) in [6.07, 6.45) is 0.547. The van der Waals surface area contributed by atoms with Crippen LogP contribution >= 0.6 is 0 Å². The monoisotopic (exact) mass is 481 g/mol. The molecule has 11 nitrogen and oxygen atoms in total. The fourth-order valence-electron chi connectivity index (χ4n) is 4.89. The van der Waals surface area contributed by atoms with Crippen LogP contribution in [-0.4, -0.2) is 77.5 Å². The number of Topliss-reactive ketones (excluding diaryl/α,β-unsaturated/α-hetero) is 1. The number of ether oxygens (including phenoxy) is 1. The number of carbonyl (C=O) groups is 3. The summed E-state index contributed by atoms with van der Waals surface area (Å²) < 4.78 is 41.5. The lowest BCUT2D eigenvalue weighted by atomic mass is 9.82. The molecule has 180 valence electrons. The van der Waals surface area contributed by atoms with Gasteiger partial charge in [0.05, 0.1) is 12.1 Å². The molecule has 0 aromatic heterocycles. The van der Waals surface area contributed by atoms with Gasteiger partial charge in [-0.1, -0.05) is 18.2 Å². The molecular formula is C21H27N3O8S. The first-order valence-corrected chi connectivity index (χ1v) is 12.0. The predicted octanol–water partition coefficient (Wildman–Crippen LogP) is 1.33. The van der Waals surface area contributed by atoms with Gasteiger partial charge in [-0.15, -0.1) is 4.28 Å². The van der Waals surface area contributed by atoms with Crippen molar-refractivity contribution in [3.8, 4) is 0 Å². The van der Waals surface area contributed by atoms with Gasteiger partial charge in [0, 0.05) is 25.7 Å². The van der Waals surface area contributed by atoms with Gasteiger partial charge in [0.2, 0.25) is 5.54 Å². The molecule has 1 aromatic rings. The Morgan fingerprint density at radius 2 is 1.85 bits per heavy atom. The zero-order valence-electron chi connectivity index (χ0n) is 18.8. The Kier molecular flexibility index (Phi) is 5.45. The minimum Gasteiger partial charge on any atom is -0.458 e. The van der Waals surface area contributed by atoms with Gasteiger partial charge in [-0.3, -0.25) is 9.35 Å². The molecule has 3 heterocycles. The number of anilines is 1. The Balaban J connectivity index is 1.70. The number of rotatable bonds is 5. The summed E-state index contributed by atoms with van der Waals surface area (Å²) in [6.45, 7) is 5.17. The molecule has 0 spiro atoms. The first-order chi connectivity index (χ1) is 15.2. The first kappa shape index (κ1) is 23.5. The first-order valence-electron chi connectivity index (χ1n) is 10.6. The molecule has 3 aliphatic rings. The van der Waals surface area contributed by atoms with Crippen LogP contribution in [0.3, 0.4) is 0 Å². The van der Waals surface area contributed by atoms with E-state index in [4.69, 9.17) is 9.29 Å². The van der Waals surface area contributed by atoms with Crippen LogP contribution in [0.4, 0.5) is 10.5 Å². The number of hydroxylamine groups is 2. The molecule has 0 aliphatic carbocycles. The minimum absolute atomic E-state index is 0.0336. The molecule has 0 radical (unpaired) electrons. The zero-order chi connectivity index (χ0) is 24.3. The summed E-state index contributed by atoms with van der Waals surface area (Å²) in [4.78, 5) is 43.3. The zero-order valence-corrected chi connectivity index (χ0v) is 19.7. The predicted molar refractivity (Wildman–Crippen MR) is 116 cm³/mol.